The second-order valence-electron chi connectivity index (χ2n) is 1.74. The molecule has 0 aliphatic carbocycles. The summed E-state index contributed by atoms with van der Waals surface area (Å²) in [6.07, 6.45) is 1.20. The van der Waals surface area contributed by atoms with E-state index in [0.717, 1.165) is 0 Å². The SMILES string of the molecule is CN/C(N)=C(\C=O)NCC=O. The predicted octanol–water partition coefficient (Wildman–Crippen LogP) is -1.68. The van der Waals surface area contributed by atoms with E-state index < -0.39 is 0 Å². The standard InChI is InChI=1S/C6H11N3O2/c1-8-6(7)5(4-11)9-2-3-10/h3-4,8-9H,2,7H2,1H3/b6-5+. The average molecular weight is 157 g/mol. The maximum atomic E-state index is 10.3. The van der Waals surface area contributed by atoms with Crippen molar-refractivity contribution in [3.63, 3.8) is 0 Å². The van der Waals surface area contributed by atoms with Crippen LogP contribution in [0.2, 0.25) is 0 Å². The lowest BCUT2D eigenvalue weighted by Gasteiger charge is -2.05. The van der Waals surface area contributed by atoms with Crippen LogP contribution in [0.3, 0.4) is 0 Å². The molecule has 0 aromatic carbocycles. The van der Waals surface area contributed by atoms with Crippen LogP contribution in [0.5, 0.6) is 0 Å². The van der Waals surface area contributed by atoms with E-state index >= 15 is 0 Å². The van der Waals surface area contributed by atoms with Gasteiger partial charge in [-0.3, -0.25) is 4.79 Å². The number of aldehydes is 2. The molecule has 0 fully saturated rings. The van der Waals surface area contributed by atoms with Crippen LogP contribution < -0.4 is 16.4 Å². The van der Waals surface area contributed by atoms with E-state index in [1.165, 1.54) is 0 Å². The molecule has 0 amide bonds. The van der Waals surface area contributed by atoms with Gasteiger partial charge in [0.25, 0.3) is 0 Å². The van der Waals surface area contributed by atoms with Gasteiger partial charge in [-0.05, 0) is 0 Å². The first kappa shape index (κ1) is 9.48. The fraction of sp³-hybridized carbons (Fsp3) is 0.333. The van der Waals surface area contributed by atoms with Crippen molar-refractivity contribution in [2.45, 2.75) is 0 Å². The number of hydrogen-bond acceptors (Lipinski definition) is 5. The van der Waals surface area contributed by atoms with Crippen molar-refractivity contribution in [2.24, 2.45) is 5.73 Å². The summed E-state index contributed by atoms with van der Waals surface area (Å²) >= 11 is 0. The summed E-state index contributed by atoms with van der Waals surface area (Å²) in [4.78, 5) is 20.1. The second kappa shape index (κ2) is 5.28. The van der Waals surface area contributed by atoms with Crippen LogP contribution >= 0.6 is 0 Å². The molecule has 4 N–H and O–H groups in total. The zero-order valence-corrected chi connectivity index (χ0v) is 6.26. The van der Waals surface area contributed by atoms with E-state index in [-0.39, 0.29) is 18.1 Å². The van der Waals surface area contributed by atoms with Crippen LogP contribution in [0.15, 0.2) is 11.5 Å². The highest BCUT2D eigenvalue weighted by atomic mass is 16.1. The lowest BCUT2D eigenvalue weighted by atomic mass is 10.4. The monoisotopic (exact) mass is 157 g/mol. The molecule has 0 aromatic heterocycles. The molecule has 5 heteroatoms. The lowest BCUT2D eigenvalue weighted by molar-refractivity contribution is -0.107. The maximum Gasteiger partial charge on any atom is 0.169 e. The van der Waals surface area contributed by atoms with E-state index in [4.69, 9.17) is 5.73 Å². The van der Waals surface area contributed by atoms with E-state index in [2.05, 4.69) is 10.6 Å². The summed E-state index contributed by atoms with van der Waals surface area (Å²) < 4.78 is 0. The molecule has 0 radical (unpaired) electrons. The second-order valence-corrected chi connectivity index (χ2v) is 1.74. The Morgan fingerprint density at radius 3 is 2.55 bits per heavy atom. The van der Waals surface area contributed by atoms with Crippen molar-refractivity contribution in [1.82, 2.24) is 10.6 Å². The van der Waals surface area contributed by atoms with E-state index in [1.54, 1.807) is 7.05 Å². The third-order valence-electron chi connectivity index (χ3n) is 1.05. The average Bonchev–Trinajstić information content (AvgIpc) is 2.05. The molecule has 0 atom stereocenters. The molecule has 0 rings (SSSR count). The van der Waals surface area contributed by atoms with E-state index in [1.807, 2.05) is 0 Å². The van der Waals surface area contributed by atoms with Gasteiger partial charge in [0.05, 0.1) is 6.54 Å². The van der Waals surface area contributed by atoms with Gasteiger partial charge in [0, 0.05) is 7.05 Å². The van der Waals surface area contributed by atoms with Gasteiger partial charge in [-0.2, -0.15) is 0 Å². The quantitative estimate of drug-likeness (QED) is 0.328. The van der Waals surface area contributed by atoms with Crippen molar-refractivity contribution in [2.75, 3.05) is 13.6 Å². The molecule has 11 heavy (non-hydrogen) atoms. The maximum absolute atomic E-state index is 10.3. The molecule has 0 aliphatic rings. The largest absolute Gasteiger partial charge is 0.384 e. The molecule has 0 aromatic rings. The van der Waals surface area contributed by atoms with Gasteiger partial charge in [-0.15, -0.1) is 0 Å². The van der Waals surface area contributed by atoms with Gasteiger partial charge in [-0.1, -0.05) is 0 Å². The summed E-state index contributed by atoms with van der Waals surface area (Å²) in [6.45, 7) is 0.0798. The Morgan fingerprint density at radius 1 is 1.55 bits per heavy atom. The molecule has 0 spiro atoms. The van der Waals surface area contributed by atoms with Crippen molar-refractivity contribution in [3.05, 3.63) is 11.5 Å². The number of allylic oxidation sites excluding steroid dienone is 1. The summed E-state index contributed by atoms with van der Waals surface area (Å²) in [6, 6.07) is 0. The van der Waals surface area contributed by atoms with Gasteiger partial charge in [0.15, 0.2) is 6.29 Å². The van der Waals surface area contributed by atoms with Crippen molar-refractivity contribution < 1.29 is 9.59 Å². The van der Waals surface area contributed by atoms with Crippen LogP contribution in [-0.4, -0.2) is 26.2 Å². The van der Waals surface area contributed by atoms with Gasteiger partial charge in [0.1, 0.15) is 17.8 Å². The zero-order valence-electron chi connectivity index (χ0n) is 6.26. The molecule has 0 heterocycles. The van der Waals surface area contributed by atoms with Gasteiger partial charge >= 0.3 is 0 Å². The molecule has 0 saturated heterocycles. The number of hydrogen-bond donors (Lipinski definition) is 3. The molecule has 62 valence electrons. The van der Waals surface area contributed by atoms with Crippen LogP contribution in [0.4, 0.5) is 0 Å². The highest BCUT2D eigenvalue weighted by molar-refractivity contribution is 5.74. The minimum Gasteiger partial charge on any atom is -0.384 e. The highest BCUT2D eigenvalue weighted by Gasteiger charge is 1.97. The first-order valence-electron chi connectivity index (χ1n) is 3.06. The Balaban J connectivity index is 4.13. The van der Waals surface area contributed by atoms with Crippen molar-refractivity contribution in [3.8, 4) is 0 Å². The Labute approximate surface area is 64.6 Å². The Hall–Kier alpha value is -1.52. The molecule has 5 nitrogen and oxygen atoms in total. The zero-order chi connectivity index (χ0) is 8.69. The molecule has 0 aliphatic heterocycles. The summed E-state index contributed by atoms with van der Waals surface area (Å²) in [7, 11) is 1.58. The summed E-state index contributed by atoms with van der Waals surface area (Å²) in [5, 5.41) is 5.10. The molecular weight excluding hydrogens is 146 g/mol. The van der Waals surface area contributed by atoms with Crippen LogP contribution in [0.25, 0.3) is 0 Å². The van der Waals surface area contributed by atoms with Crippen LogP contribution in [0, 0.1) is 0 Å². The lowest BCUT2D eigenvalue weighted by Crippen LogP contribution is -2.27. The first-order valence-corrected chi connectivity index (χ1v) is 3.06. The Bertz CT molecular complexity index is 177. The highest BCUT2D eigenvalue weighted by Crippen LogP contribution is 1.83. The van der Waals surface area contributed by atoms with Gasteiger partial charge in [-0.25, -0.2) is 0 Å². The Morgan fingerprint density at radius 2 is 2.18 bits per heavy atom. The van der Waals surface area contributed by atoms with Crippen LogP contribution in [-0.2, 0) is 9.59 Å². The number of nitrogens with two attached hydrogens (primary N) is 1. The molecule has 0 saturated carbocycles. The number of carbonyl (C=O) groups is 2. The third kappa shape index (κ3) is 3.24. The van der Waals surface area contributed by atoms with E-state index in [9.17, 15) is 9.59 Å². The van der Waals surface area contributed by atoms with Crippen molar-refractivity contribution in [1.29, 1.82) is 0 Å². The smallest absolute Gasteiger partial charge is 0.169 e. The first-order chi connectivity index (χ1) is 5.26. The topological polar surface area (TPSA) is 84.2 Å². The third-order valence-corrected chi connectivity index (χ3v) is 1.05. The normalized spacial score (nSPS) is 11.4. The van der Waals surface area contributed by atoms with Crippen molar-refractivity contribution >= 4 is 12.6 Å². The number of nitrogens with one attached hydrogen (secondary N) is 2. The molecule has 0 bridgehead atoms. The van der Waals surface area contributed by atoms with Gasteiger partial charge < -0.3 is 21.2 Å². The predicted molar refractivity (Wildman–Crippen MR) is 40.4 cm³/mol. The summed E-state index contributed by atoms with van der Waals surface area (Å²) in [5.74, 6) is 0.224. The Kier molecular flexibility index (Phi) is 4.55. The minimum absolute atomic E-state index is 0.0798. The minimum atomic E-state index is 0.0798. The molecule has 0 unspecified atom stereocenters. The fourth-order valence-corrected chi connectivity index (χ4v) is 0.487. The number of carbonyl (C=O) groups excluding carboxylic acids is 2. The van der Waals surface area contributed by atoms with Crippen LogP contribution in [0.1, 0.15) is 0 Å². The van der Waals surface area contributed by atoms with E-state index in [0.29, 0.717) is 12.6 Å². The summed E-state index contributed by atoms with van der Waals surface area (Å²) in [5.41, 5.74) is 5.52. The number of rotatable bonds is 5. The van der Waals surface area contributed by atoms with Gasteiger partial charge in [0.2, 0.25) is 0 Å². The fourth-order valence-electron chi connectivity index (χ4n) is 0.487. The molecular formula is C6H11N3O2.